The summed E-state index contributed by atoms with van der Waals surface area (Å²) in [5.41, 5.74) is 3.91. The predicted molar refractivity (Wildman–Crippen MR) is 94.3 cm³/mol. The summed E-state index contributed by atoms with van der Waals surface area (Å²) < 4.78 is 6.10. The molecule has 0 saturated heterocycles. The van der Waals surface area contributed by atoms with Crippen molar-refractivity contribution in [3.63, 3.8) is 0 Å². The van der Waals surface area contributed by atoms with Crippen molar-refractivity contribution in [1.82, 2.24) is 4.98 Å². The van der Waals surface area contributed by atoms with E-state index in [1.807, 2.05) is 6.07 Å². The van der Waals surface area contributed by atoms with E-state index in [-0.39, 0.29) is 0 Å². The van der Waals surface area contributed by atoms with Gasteiger partial charge in [-0.15, -0.1) is 11.3 Å². The Kier molecular flexibility index (Phi) is 4.73. The van der Waals surface area contributed by atoms with Crippen molar-refractivity contribution < 1.29 is 14.3 Å². The average molecular weight is 351 g/mol. The van der Waals surface area contributed by atoms with Gasteiger partial charge in [0.25, 0.3) is 5.91 Å². The molecule has 3 rings (SSSR count). The van der Waals surface area contributed by atoms with E-state index in [0.29, 0.717) is 16.8 Å². The molecule has 25 heavy (non-hydrogen) atoms. The summed E-state index contributed by atoms with van der Waals surface area (Å²) in [6.45, 7) is 1.50. The molecule has 1 N–H and O–H groups in total. The number of rotatable bonds is 4. The fraction of sp³-hybridized carbons (Fsp3) is 0.111. The van der Waals surface area contributed by atoms with Crippen molar-refractivity contribution in [3.05, 3.63) is 59.1 Å². The van der Waals surface area contributed by atoms with Gasteiger partial charge in [-0.2, -0.15) is 5.26 Å². The van der Waals surface area contributed by atoms with Crippen LogP contribution in [-0.2, 0) is 9.53 Å². The summed E-state index contributed by atoms with van der Waals surface area (Å²) in [7, 11) is 0. The highest BCUT2D eigenvalue weighted by molar-refractivity contribution is 7.16. The average Bonchev–Trinajstić information content (AvgIpc) is 3.09. The van der Waals surface area contributed by atoms with Gasteiger partial charge in [0, 0.05) is 5.69 Å². The van der Waals surface area contributed by atoms with Gasteiger partial charge in [0.2, 0.25) is 0 Å². The van der Waals surface area contributed by atoms with Crippen LogP contribution >= 0.6 is 11.3 Å². The summed E-state index contributed by atoms with van der Waals surface area (Å²) in [6, 6.07) is 13.5. The number of aromatic nitrogens is 1. The largest absolute Gasteiger partial charge is 0.449 e. The zero-order valence-electron chi connectivity index (χ0n) is 13.2. The number of amides is 1. The Morgan fingerprint density at radius 3 is 2.72 bits per heavy atom. The Balaban J connectivity index is 1.63. The van der Waals surface area contributed by atoms with Crippen molar-refractivity contribution >= 4 is 39.1 Å². The highest BCUT2D eigenvalue weighted by atomic mass is 32.1. The molecule has 1 aromatic heterocycles. The Labute approximate surface area is 147 Å². The van der Waals surface area contributed by atoms with Gasteiger partial charge >= 0.3 is 5.97 Å². The lowest BCUT2D eigenvalue weighted by molar-refractivity contribution is -0.123. The molecule has 1 heterocycles. The van der Waals surface area contributed by atoms with Crippen LogP contribution < -0.4 is 5.32 Å². The second kappa shape index (κ2) is 7.11. The lowest BCUT2D eigenvalue weighted by atomic mass is 10.2. The molecule has 7 heteroatoms. The summed E-state index contributed by atoms with van der Waals surface area (Å²) >= 11 is 1.43. The third kappa shape index (κ3) is 3.82. The van der Waals surface area contributed by atoms with Gasteiger partial charge in [0.1, 0.15) is 0 Å². The van der Waals surface area contributed by atoms with Crippen LogP contribution in [0.4, 0.5) is 5.69 Å². The number of ether oxygens (including phenoxy) is 1. The fourth-order valence-corrected chi connectivity index (χ4v) is 2.85. The van der Waals surface area contributed by atoms with Crippen molar-refractivity contribution in [3.8, 4) is 6.07 Å². The van der Waals surface area contributed by atoms with Crippen LogP contribution in [0, 0.1) is 11.3 Å². The van der Waals surface area contributed by atoms with Crippen LogP contribution in [0.15, 0.2) is 48.0 Å². The van der Waals surface area contributed by atoms with Crippen molar-refractivity contribution in [2.45, 2.75) is 13.0 Å². The molecular weight excluding hydrogens is 338 g/mol. The zero-order valence-corrected chi connectivity index (χ0v) is 14.0. The molecule has 0 fully saturated rings. The number of hydrogen-bond donors (Lipinski definition) is 1. The summed E-state index contributed by atoms with van der Waals surface area (Å²) in [6.07, 6.45) is -0.958. The van der Waals surface area contributed by atoms with E-state index in [2.05, 4.69) is 10.3 Å². The third-order valence-electron chi connectivity index (χ3n) is 3.50. The summed E-state index contributed by atoms with van der Waals surface area (Å²) in [4.78, 5) is 28.5. The maximum absolute atomic E-state index is 12.2. The molecule has 1 amide bonds. The lowest BCUT2D eigenvalue weighted by Gasteiger charge is -2.13. The molecule has 6 nitrogen and oxygen atoms in total. The monoisotopic (exact) mass is 351 g/mol. The Morgan fingerprint density at radius 1 is 1.24 bits per heavy atom. The van der Waals surface area contributed by atoms with Crippen LogP contribution in [0.25, 0.3) is 10.2 Å². The first-order valence-corrected chi connectivity index (χ1v) is 8.30. The first-order chi connectivity index (χ1) is 12.1. The van der Waals surface area contributed by atoms with Crippen molar-refractivity contribution in [1.29, 1.82) is 5.26 Å². The number of nitrogens with one attached hydrogen (secondary N) is 1. The number of fused-ring (bicyclic) bond motifs is 1. The van der Waals surface area contributed by atoms with Gasteiger partial charge < -0.3 is 10.1 Å². The minimum atomic E-state index is -0.958. The number of nitriles is 1. The number of thiazole rings is 1. The topological polar surface area (TPSA) is 92.1 Å². The highest BCUT2D eigenvalue weighted by Gasteiger charge is 2.19. The van der Waals surface area contributed by atoms with E-state index in [9.17, 15) is 9.59 Å². The molecule has 0 aliphatic rings. The number of benzene rings is 2. The minimum absolute atomic E-state index is 0.370. The van der Waals surface area contributed by atoms with E-state index in [4.69, 9.17) is 10.00 Å². The smallest absolute Gasteiger partial charge is 0.338 e. The van der Waals surface area contributed by atoms with E-state index in [1.165, 1.54) is 18.3 Å². The summed E-state index contributed by atoms with van der Waals surface area (Å²) in [5, 5.41) is 11.4. The molecule has 0 aliphatic heterocycles. The van der Waals surface area contributed by atoms with Crippen molar-refractivity contribution in [2.24, 2.45) is 0 Å². The maximum Gasteiger partial charge on any atom is 0.338 e. The second-order valence-electron chi connectivity index (χ2n) is 5.26. The number of esters is 1. The number of anilines is 1. The van der Waals surface area contributed by atoms with Gasteiger partial charge in [-0.3, -0.25) is 4.79 Å². The highest BCUT2D eigenvalue weighted by Crippen LogP contribution is 2.20. The second-order valence-corrected chi connectivity index (χ2v) is 6.15. The Hall–Kier alpha value is -3.24. The van der Waals surface area contributed by atoms with E-state index in [1.54, 1.807) is 48.0 Å². The summed E-state index contributed by atoms with van der Waals surface area (Å²) in [5.74, 6) is -1.02. The lowest BCUT2D eigenvalue weighted by Crippen LogP contribution is -2.30. The van der Waals surface area contributed by atoms with Crippen LogP contribution in [0.1, 0.15) is 22.8 Å². The molecule has 3 aromatic rings. The van der Waals surface area contributed by atoms with Gasteiger partial charge in [-0.05, 0) is 49.4 Å². The molecule has 0 saturated carbocycles. The molecule has 0 radical (unpaired) electrons. The molecule has 0 bridgehead atoms. The van der Waals surface area contributed by atoms with Gasteiger partial charge in [0.15, 0.2) is 6.10 Å². The van der Waals surface area contributed by atoms with Crippen LogP contribution in [0.2, 0.25) is 0 Å². The molecule has 1 atom stereocenters. The zero-order chi connectivity index (χ0) is 17.8. The predicted octanol–water partition coefficient (Wildman–Crippen LogP) is 3.35. The quantitative estimate of drug-likeness (QED) is 0.728. The SMILES string of the molecule is C[C@H](OC(=O)c1ccc2ncsc2c1)C(=O)Nc1ccc(C#N)cc1. The fourth-order valence-electron chi connectivity index (χ4n) is 2.14. The van der Waals surface area contributed by atoms with Crippen LogP contribution in [0.5, 0.6) is 0 Å². The number of carbonyl (C=O) groups excluding carboxylic acids is 2. The standard InChI is InChI=1S/C18H13N3O3S/c1-11(17(22)21-14-5-2-12(9-19)3-6-14)24-18(23)13-4-7-15-16(8-13)25-10-20-15/h2-8,10-11H,1H3,(H,21,22)/t11-/m0/s1. The number of hydrogen-bond acceptors (Lipinski definition) is 6. The molecular formula is C18H13N3O3S. The molecule has 2 aromatic carbocycles. The van der Waals surface area contributed by atoms with E-state index < -0.39 is 18.0 Å². The van der Waals surface area contributed by atoms with Gasteiger partial charge in [-0.1, -0.05) is 0 Å². The molecule has 0 aliphatic carbocycles. The molecule has 0 spiro atoms. The van der Waals surface area contributed by atoms with E-state index >= 15 is 0 Å². The molecule has 124 valence electrons. The van der Waals surface area contributed by atoms with Crippen LogP contribution in [-0.4, -0.2) is 23.0 Å². The van der Waals surface area contributed by atoms with Crippen LogP contribution in [0.3, 0.4) is 0 Å². The Bertz CT molecular complexity index is 973. The third-order valence-corrected chi connectivity index (χ3v) is 4.29. The minimum Gasteiger partial charge on any atom is -0.449 e. The van der Waals surface area contributed by atoms with Crippen molar-refractivity contribution in [2.75, 3.05) is 5.32 Å². The normalized spacial score (nSPS) is 11.5. The molecule has 0 unspecified atom stereocenters. The van der Waals surface area contributed by atoms with Gasteiger partial charge in [-0.25, -0.2) is 9.78 Å². The first-order valence-electron chi connectivity index (χ1n) is 7.42. The maximum atomic E-state index is 12.2. The van der Waals surface area contributed by atoms with E-state index in [0.717, 1.165) is 10.2 Å². The number of nitrogens with zero attached hydrogens (tertiary/aromatic N) is 2. The Morgan fingerprint density at radius 2 is 2.00 bits per heavy atom. The number of carbonyl (C=O) groups is 2. The first kappa shape index (κ1) is 16.6. The van der Waals surface area contributed by atoms with Gasteiger partial charge in [0.05, 0.1) is 32.9 Å².